The molecule has 0 unspecified atom stereocenters. The molecule has 3 nitrogen and oxygen atoms in total. The molecule has 3 aromatic rings. The van der Waals surface area contributed by atoms with E-state index in [1.165, 1.54) is 16.3 Å². The lowest BCUT2D eigenvalue weighted by Gasteiger charge is -2.14. The number of thiocarbonyl (C=S) groups is 1. The zero-order valence-corrected chi connectivity index (χ0v) is 14.7. The van der Waals surface area contributed by atoms with Gasteiger partial charge < -0.3 is 15.4 Å². The topological polar surface area (TPSA) is 33.3 Å². The van der Waals surface area contributed by atoms with Crippen molar-refractivity contribution >= 4 is 45.4 Å². The van der Waals surface area contributed by atoms with Crippen molar-refractivity contribution in [3.05, 3.63) is 71.2 Å². The fourth-order valence-electron chi connectivity index (χ4n) is 2.57. The predicted molar refractivity (Wildman–Crippen MR) is 105 cm³/mol. The Balaban J connectivity index is 1.71. The van der Waals surface area contributed by atoms with Crippen molar-refractivity contribution in [2.45, 2.75) is 6.54 Å². The lowest BCUT2D eigenvalue weighted by Crippen LogP contribution is -2.28. The lowest BCUT2D eigenvalue weighted by atomic mass is 10.0. The van der Waals surface area contributed by atoms with Crippen LogP contribution in [0.1, 0.15) is 5.56 Å². The van der Waals surface area contributed by atoms with Crippen molar-refractivity contribution < 1.29 is 4.74 Å². The first-order valence-corrected chi connectivity index (χ1v) is 8.31. The van der Waals surface area contributed by atoms with Crippen molar-refractivity contribution in [3.8, 4) is 5.75 Å². The van der Waals surface area contributed by atoms with E-state index in [1.807, 2.05) is 12.1 Å². The molecule has 2 N–H and O–H groups in total. The van der Waals surface area contributed by atoms with Gasteiger partial charge in [0.25, 0.3) is 0 Å². The highest BCUT2D eigenvalue weighted by Gasteiger charge is 2.06. The van der Waals surface area contributed by atoms with Crippen LogP contribution in [-0.4, -0.2) is 12.2 Å². The summed E-state index contributed by atoms with van der Waals surface area (Å²) in [7, 11) is 1.61. The number of hydrogen-bond donors (Lipinski definition) is 2. The lowest BCUT2D eigenvalue weighted by molar-refractivity contribution is 0.417. The molecule has 0 saturated carbocycles. The van der Waals surface area contributed by atoms with Crippen LogP contribution in [0.5, 0.6) is 5.75 Å². The van der Waals surface area contributed by atoms with E-state index in [2.05, 4.69) is 41.0 Å². The van der Waals surface area contributed by atoms with Crippen molar-refractivity contribution in [1.29, 1.82) is 0 Å². The number of halogens is 1. The Morgan fingerprint density at radius 2 is 1.88 bits per heavy atom. The zero-order chi connectivity index (χ0) is 16.9. The van der Waals surface area contributed by atoms with Crippen LogP contribution >= 0.6 is 23.8 Å². The molecular formula is C19H17ClN2OS. The van der Waals surface area contributed by atoms with E-state index in [-0.39, 0.29) is 0 Å². The summed E-state index contributed by atoms with van der Waals surface area (Å²) in [6.45, 7) is 0.635. The summed E-state index contributed by atoms with van der Waals surface area (Å²) in [5, 5.41) is 9.93. The van der Waals surface area contributed by atoms with Gasteiger partial charge in [0, 0.05) is 11.6 Å². The Morgan fingerprint density at radius 3 is 2.71 bits per heavy atom. The van der Waals surface area contributed by atoms with Crippen molar-refractivity contribution in [2.75, 3.05) is 12.4 Å². The summed E-state index contributed by atoms with van der Waals surface area (Å²) < 4.78 is 5.31. The predicted octanol–water partition coefficient (Wildman–Crippen LogP) is 4.99. The number of fused-ring (bicyclic) bond motifs is 1. The molecule has 0 bridgehead atoms. The Labute approximate surface area is 151 Å². The Hall–Kier alpha value is -2.30. The molecule has 0 aliphatic rings. The molecule has 0 saturated heterocycles. The summed E-state index contributed by atoms with van der Waals surface area (Å²) in [4.78, 5) is 0. The largest absolute Gasteiger partial charge is 0.495 e. The number of benzene rings is 3. The molecule has 0 spiro atoms. The van der Waals surface area contributed by atoms with Crippen molar-refractivity contribution in [1.82, 2.24) is 5.32 Å². The third kappa shape index (κ3) is 3.78. The van der Waals surface area contributed by atoms with Crippen LogP contribution in [0.25, 0.3) is 10.8 Å². The van der Waals surface area contributed by atoms with E-state index in [0.717, 1.165) is 5.69 Å². The normalized spacial score (nSPS) is 10.4. The minimum Gasteiger partial charge on any atom is -0.495 e. The molecule has 0 aromatic heterocycles. The minimum atomic E-state index is 0.517. The van der Waals surface area contributed by atoms with Crippen LogP contribution < -0.4 is 15.4 Å². The highest BCUT2D eigenvalue weighted by molar-refractivity contribution is 7.80. The quantitative estimate of drug-likeness (QED) is 0.645. The van der Waals surface area contributed by atoms with Gasteiger partial charge in [0.1, 0.15) is 5.75 Å². The van der Waals surface area contributed by atoms with Gasteiger partial charge in [-0.25, -0.2) is 0 Å². The van der Waals surface area contributed by atoms with Gasteiger partial charge in [-0.3, -0.25) is 0 Å². The first-order chi connectivity index (χ1) is 11.7. The number of anilines is 1. The van der Waals surface area contributed by atoms with Gasteiger partial charge in [0.2, 0.25) is 0 Å². The van der Waals surface area contributed by atoms with E-state index in [9.17, 15) is 0 Å². The second-order valence-corrected chi connectivity index (χ2v) is 6.14. The molecule has 122 valence electrons. The molecule has 5 heteroatoms. The van der Waals surface area contributed by atoms with E-state index in [0.29, 0.717) is 22.4 Å². The molecule has 24 heavy (non-hydrogen) atoms. The van der Waals surface area contributed by atoms with Gasteiger partial charge in [-0.1, -0.05) is 54.1 Å². The summed E-state index contributed by atoms with van der Waals surface area (Å²) in [6, 6.07) is 19.9. The molecule has 0 radical (unpaired) electrons. The maximum Gasteiger partial charge on any atom is 0.171 e. The second kappa shape index (κ2) is 7.51. The number of ether oxygens (including phenoxy) is 1. The maximum absolute atomic E-state index is 6.04. The van der Waals surface area contributed by atoms with Crippen LogP contribution in [0, 0.1) is 0 Å². The van der Waals surface area contributed by atoms with Crippen LogP contribution in [0.15, 0.2) is 60.7 Å². The monoisotopic (exact) mass is 356 g/mol. The molecule has 0 atom stereocenters. The molecule has 3 rings (SSSR count). The molecular weight excluding hydrogens is 340 g/mol. The maximum atomic E-state index is 6.04. The fourth-order valence-corrected chi connectivity index (χ4v) is 2.92. The molecule has 0 aliphatic heterocycles. The Kier molecular flexibility index (Phi) is 5.18. The average molecular weight is 357 g/mol. The Bertz CT molecular complexity index is 877. The highest BCUT2D eigenvalue weighted by Crippen LogP contribution is 2.27. The first-order valence-electron chi connectivity index (χ1n) is 7.52. The zero-order valence-electron chi connectivity index (χ0n) is 13.2. The smallest absolute Gasteiger partial charge is 0.171 e. The summed E-state index contributed by atoms with van der Waals surface area (Å²) in [6.07, 6.45) is 0. The van der Waals surface area contributed by atoms with Gasteiger partial charge in [-0.05, 0) is 46.8 Å². The van der Waals surface area contributed by atoms with E-state index < -0.39 is 0 Å². The third-order valence-electron chi connectivity index (χ3n) is 3.73. The van der Waals surface area contributed by atoms with Gasteiger partial charge in [0.05, 0.1) is 12.8 Å². The van der Waals surface area contributed by atoms with Crippen LogP contribution in [-0.2, 0) is 6.54 Å². The summed E-state index contributed by atoms with van der Waals surface area (Å²) in [5.74, 6) is 0.689. The van der Waals surface area contributed by atoms with E-state index >= 15 is 0 Å². The van der Waals surface area contributed by atoms with Gasteiger partial charge in [-0.15, -0.1) is 0 Å². The number of nitrogens with one attached hydrogen (secondary N) is 2. The van der Waals surface area contributed by atoms with Crippen LogP contribution in [0.2, 0.25) is 5.02 Å². The van der Waals surface area contributed by atoms with Gasteiger partial charge in [-0.2, -0.15) is 0 Å². The van der Waals surface area contributed by atoms with E-state index in [4.69, 9.17) is 28.6 Å². The number of rotatable bonds is 4. The summed E-state index contributed by atoms with van der Waals surface area (Å²) >= 11 is 11.4. The molecule has 0 aliphatic carbocycles. The standard InChI is InChI=1S/C19H17ClN2OS/c1-23-18-10-9-15(20)11-17(18)22-19(24)21-12-14-7-4-6-13-5-2-3-8-16(13)14/h2-11H,12H2,1H3,(H2,21,22,24). The Morgan fingerprint density at radius 1 is 1.08 bits per heavy atom. The van der Waals surface area contributed by atoms with Crippen molar-refractivity contribution in [3.63, 3.8) is 0 Å². The molecule has 0 heterocycles. The van der Waals surface area contributed by atoms with Crippen LogP contribution in [0.3, 0.4) is 0 Å². The number of methoxy groups -OCH3 is 1. The highest BCUT2D eigenvalue weighted by atomic mass is 35.5. The van der Waals surface area contributed by atoms with E-state index in [1.54, 1.807) is 25.3 Å². The molecule has 3 aromatic carbocycles. The van der Waals surface area contributed by atoms with Crippen LogP contribution in [0.4, 0.5) is 5.69 Å². The van der Waals surface area contributed by atoms with Crippen molar-refractivity contribution in [2.24, 2.45) is 0 Å². The SMILES string of the molecule is COc1ccc(Cl)cc1NC(=S)NCc1cccc2ccccc12. The minimum absolute atomic E-state index is 0.517. The molecule has 0 fully saturated rings. The third-order valence-corrected chi connectivity index (χ3v) is 4.21. The average Bonchev–Trinajstić information content (AvgIpc) is 2.60. The summed E-state index contributed by atoms with van der Waals surface area (Å²) in [5.41, 5.74) is 1.93. The second-order valence-electron chi connectivity index (χ2n) is 5.29. The molecule has 0 amide bonds. The fraction of sp³-hybridized carbons (Fsp3) is 0.105. The first kappa shape index (κ1) is 16.6. The number of hydrogen-bond acceptors (Lipinski definition) is 2. The van der Waals surface area contributed by atoms with Gasteiger partial charge >= 0.3 is 0 Å². The van der Waals surface area contributed by atoms with Gasteiger partial charge in [0.15, 0.2) is 5.11 Å².